The predicted molar refractivity (Wildman–Crippen MR) is 85.8 cm³/mol. The van der Waals surface area contributed by atoms with E-state index < -0.39 is 0 Å². The second-order valence-electron chi connectivity index (χ2n) is 7.14. The highest BCUT2D eigenvalue weighted by molar-refractivity contribution is 5.80. The Labute approximate surface area is 129 Å². The van der Waals surface area contributed by atoms with Gasteiger partial charge in [-0.3, -0.25) is 9.59 Å². The molecule has 0 aromatic heterocycles. The van der Waals surface area contributed by atoms with Gasteiger partial charge in [-0.05, 0) is 38.5 Å². The van der Waals surface area contributed by atoms with Crippen LogP contribution in [0.25, 0.3) is 0 Å². The summed E-state index contributed by atoms with van der Waals surface area (Å²) >= 11 is 0. The number of nitrogens with zero attached hydrogens (tertiary/aromatic N) is 1. The number of carbonyl (C=O) groups is 2. The summed E-state index contributed by atoms with van der Waals surface area (Å²) in [5.41, 5.74) is 0. The van der Waals surface area contributed by atoms with Crippen molar-refractivity contribution in [3.63, 3.8) is 0 Å². The van der Waals surface area contributed by atoms with E-state index in [0.717, 1.165) is 38.8 Å². The summed E-state index contributed by atoms with van der Waals surface area (Å²) < 4.78 is 0. The Balaban J connectivity index is 2.33. The van der Waals surface area contributed by atoms with Crippen LogP contribution in [0.15, 0.2) is 0 Å². The molecule has 1 aliphatic rings. The zero-order valence-corrected chi connectivity index (χ0v) is 14.3. The molecule has 21 heavy (non-hydrogen) atoms. The van der Waals surface area contributed by atoms with Crippen LogP contribution in [0.4, 0.5) is 0 Å². The molecule has 1 heterocycles. The van der Waals surface area contributed by atoms with Gasteiger partial charge in [-0.1, -0.05) is 27.7 Å². The zero-order valence-electron chi connectivity index (χ0n) is 14.3. The topological polar surface area (TPSA) is 49.4 Å². The largest absolute Gasteiger partial charge is 0.353 e. The highest BCUT2D eigenvalue weighted by atomic mass is 16.2. The van der Waals surface area contributed by atoms with Crippen LogP contribution in [0.2, 0.25) is 0 Å². The van der Waals surface area contributed by atoms with Crippen LogP contribution in [-0.2, 0) is 9.59 Å². The maximum absolute atomic E-state index is 12.2. The van der Waals surface area contributed by atoms with Gasteiger partial charge in [0.2, 0.25) is 11.8 Å². The van der Waals surface area contributed by atoms with Crippen molar-refractivity contribution in [1.82, 2.24) is 10.2 Å². The molecule has 1 fully saturated rings. The van der Waals surface area contributed by atoms with E-state index in [1.165, 1.54) is 0 Å². The predicted octanol–water partition coefficient (Wildman–Crippen LogP) is 2.82. The van der Waals surface area contributed by atoms with Crippen molar-refractivity contribution < 1.29 is 9.59 Å². The lowest BCUT2D eigenvalue weighted by Crippen LogP contribution is -2.45. The van der Waals surface area contributed by atoms with Gasteiger partial charge in [0, 0.05) is 31.0 Å². The molecule has 0 aromatic rings. The monoisotopic (exact) mass is 296 g/mol. The summed E-state index contributed by atoms with van der Waals surface area (Å²) in [6.45, 7) is 11.8. The van der Waals surface area contributed by atoms with E-state index in [4.69, 9.17) is 0 Å². The number of piperidine rings is 1. The van der Waals surface area contributed by atoms with Crippen LogP contribution in [0, 0.1) is 17.8 Å². The fourth-order valence-electron chi connectivity index (χ4n) is 2.74. The lowest BCUT2D eigenvalue weighted by molar-refractivity contribution is -0.138. The number of hydrogen-bond acceptors (Lipinski definition) is 2. The third-order valence-corrected chi connectivity index (χ3v) is 4.24. The van der Waals surface area contributed by atoms with Crippen LogP contribution in [0.3, 0.4) is 0 Å². The minimum atomic E-state index is 0.0476. The Bertz CT molecular complexity index is 345. The summed E-state index contributed by atoms with van der Waals surface area (Å²) in [6.07, 6.45) is 3.76. The van der Waals surface area contributed by atoms with E-state index in [1.807, 2.05) is 18.7 Å². The summed E-state index contributed by atoms with van der Waals surface area (Å²) in [4.78, 5) is 26.1. The number of hydrogen-bond donors (Lipinski definition) is 1. The highest BCUT2D eigenvalue weighted by Crippen LogP contribution is 2.19. The van der Waals surface area contributed by atoms with Crippen molar-refractivity contribution in [2.24, 2.45) is 17.8 Å². The molecule has 1 saturated heterocycles. The van der Waals surface area contributed by atoms with E-state index in [1.54, 1.807) is 0 Å². The van der Waals surface area contributed by atoms with Crippen molar-refractivity contribution >= 4 is 11.8 Å². The first-order valence-corrected chi connectivity index (χ1v) is 8.40. The molecule has 1 unspecified atom stereocenters. The van der Waals surface area contributed by atoms with Gasteiger partial charge in [0.25, 0.3) is 0 Å². The van der Waals surface area contributed by atoms with Gasteiger partial charge < -0.3 is 10.2 Å². The number of amides is 2. The van der Waals surface area contributed by atoms with E-state index >= 15 is 0 Å². The fraction of sp³-hybridized carbons (Fsp3) is 0.882. The summed E-state index contributed by atoms with van der Waals surface area (Å²) in [5, 5.41) is 3.13. The SMILES string of the molecule is CC(C)CCC(C)NC(=O)C1CCN(C(=O)C(C)C)CC1. The molecule has 0 aliphatic carbocycles. The summed E-state index contributed by atoms with van der Waals surface area (Å²) in [6, 6.07) is 0.246. The van der Waals surface area contributed by atoms with E-state index in [2.05, 4.69) is 26.1 Å². The zero-order chi connectivity index (χ0) is 16.0. The van der Waals surface area contributed by atoms with E-state index in [-0.39, 0.29) is 29.7 Å². The first kappa shape index (κ1) is 18.0. The molecule has 0 radical (unpaired) electrons. The number of carbonyl (C=O) groups excluding carboxylic acids is 2. The van der Waals surface area contributed by atoms with Gasteiger partial charge in [-0.2, -0.15) is 0 Å². The van der Waals surface area contributed by atoms with E-state index in [0.29, 0.717) is 5.92 Å². The Morgan fingerprint density at radius 1 is 1.05 bits per heavy atom. The van der Waals surface area contributed by atoms with Crippen molar-refractivity contribution in [2.45, 2.75) is 66.3 Å². The fourth-order valence-corrected chi connectivity index (χ4v) is 2.74. The molecule has 0 aromatic carbocycles. The molecular weight excluding hydrogens is 264 g/mol. The normalized spacial score (nSPS) is 18.1. The first-order chi connectivity index (χ1) is 9.81. The number of nitrogens with one attached hydrogen (secondary N) is 1. The first-order valence-electron chi connectivity index (χ1n) is 8.40. The van der Waals surface area contributed by atoms with Gasteiger partial charge in [-0.25, -0.2) is 0 Å². The molecule has 1 atom stereocenters. The quantitative estimate of drug-likeness (QED) is 0.819. The maximum atomic E-state index is 12.2. The van der Waals surface area contributed by atoms with Crippen LogP contribution in [-0.4, -0.2) is 35.8 Å². The van der Waals surface area contributed by atoms with Gasteiger partial charge in [0.1, 0.15) is 0 Å². The maximum Gasteiger partial charge on any atom is 0.225 e. The molecule has 4 nitrogen and oxygen atoms in total. The van der Waals surface area contributed by atoms with Crippen LogP contribution < -0.4 is 5.32 Å². The molecule has 4 heteroatoms. The second kappa shape index (κ2) is 8.40. The van der Waals surface area contributed by atoms with Crippen LogP contribution in [0.1, 0.15) is 60.3 Å². The minimum absolute atomic E-state index is 0.0476. The van der Waals surface area contributed by atoms with Crippen LogP contribution >= 0.6 is 0 Å². The van der Waals surface area contributed by atoms with Crippen molar-refractivity contribution in [1.29, 1.82) is 0 Å². The van der Waals surface area contributed by atoms with Crippen molar-refractivity contribution in [3.05, 3.63) is 0 Å². The van der Waals surface area contributed by atoms with Gasteiger partial charge in [0.05, 0.1) is 0 Å². The molecular formula is C17H32N2O2. The smallest absolute Gasteiger partial charge is 0.225 e. The Hall–Kier alpha value is -1.06. The lowest BCUT2D eigenvalue weighted by Gasteiger charge is -2.33. The summed E-state index contributed by atoms with van der Waals surface area (Å²) in [7, 11) is 0. The molecule has 0 spiro atoms. The van der Waals surface area contributed by atoms with Crippen LogP contribution in [0.5, 0.6) is 0 Å². The Morgan fingerprint density at radius 3 is 2.10 bits per heavy atom. The Morgan fingerprint density at radius 2 is 1.62 bits per heavy atom. The molecule has 1 N–H and O–H groups in total. The lowest BCUT2D eigenvalue weighted by atomic mass is 9.94. The molecule has 0 saturated carbocycles. The molecule has 2 amide bonds. The molecule has 1 rings (SSSR count). The standard InChI is InChI=1S/C17H32N2O2/c1-12(2)6-7-14(5)18-16(20)15-8-10-19(11-9-15)17(21)13(3)4/h12-15H,6-11H2,1-5H3,(H,18,20). The number of rotatable bonds is 6. The van der Waals surface area contributed by atoms with E-state index in [9.17, 15) is 9.59 Å². The Kier molecular flexibility index (Phi) is 7.20. The van der Waals surface area contributed by atoms with Crippen molar-refractivity contribution in [2.75, 3.05) is 13.1 Å². The third-order valence-electron chi connectivity index (χ3n) is 4.24. The number of likely N-dealkylation sites (tertiary alicyclic amines) is 1. The second-order valence-corrected chi connectivity index (χ2v) is 7.14. The molecule has 0 bridgehead atoms. The average Bonchev–Trinajstić information content (AvgIpc) is 2.44. The van der Waals surface area contributed by atoms with Gasteiger partial charge in [-0.15, -0.1) is 0 Å². The third kappa shape index (κ3) is 6.06. The molecule has 122 valence electrons. The molecule has 1 aliphatic heterocycles. The minimum Gasteiger partial charge on any atom is -0.353 e. The van der Waals surface area contributed by atoms with Gasteiger partial charge >= 0.3 is 0 Å². The highest BCUT2D eigenvalue weighted by Gasteiger charge is 2.28. The average molecular weight is 296 g/mol. The van der Waals surface area contributed by atoms with Crippen molar-refractivity contribution in [3.8, 4) is 0 Å². The summed E-state index contributed by atoms with van der Waals surface area (Å²) in [5.74, 6) is 1.17. The van der Waals surface area contributed by atoms with Gasteiger partial charge in [0.15, 0.2) is 0 Å².